The van der Waals surface area contributed by atoms with E-state index in [-0.39, 0.29) is 11.9 Å². The van der Waals surface area contributed by atoms with Crippen molar-refractivity contribution in [3.8, 4) is 0 Å². The van der Waals surface area contributed by atoms with Crippen molar-refractivity contribution in [2.45, 2.75) is 19.0 Å². The fourth-order valence-electron chi connectivity index (χ4n) is 2.76. The van der Waals surface area contributed by atoms with Crippen LogP contribution >= 0.6 is 15.9 Å². The minimum absolute atomic E-state index is 0.212. The van der Waals surface area contributed by atoms with Crippen LogP contribution in [0, 0.1) is 5.82 Å². The summed E-state index contributed by atoms with van der Waals surface area (Å²) in [7, 11) is 2.12. The second-order valence-corrected chi connectivity index (χ2v) is 6.09. The second-order valence-electron chi connectivity index (χ2n) is 5.23. The van der Waals surface area contributed by atoms with Crippen molar-refractivity contribution in [2.75, 3.05) is 33.2 Å². The molecule has 2 rings (SSSR count). The number of rotatable bonds is 3. The maximum Gasteiger partial charge on any atom is 0.124 e. The molecule has 0 radical (unpaired) electrons. The lowest BCUT2D eigenvalue weighted by Gasteiger charge is -2.43. The zero-order valence-electron chi connectivity index (χ0n) is 11.4. The second kappa shape index (κ2) is 6.31. The molecule has 0 bridgehead atoms. The van der Waals surface area contributed by atoms with Crippen molar-refractivity contribution < 1.29 is 4.39 Å². The van der Waals surface area contributed by atoms with Crippen molar-refractivity contribution in [2.24, 2.45) is 5.73 Å². The first kappa shape index (κ1) is 14.9. The SMILES string of the molecule is CC(c1ccc(F)cc1Br)N1CCN(C)CC1CN. The van der Waals surface area contributed by atoms with Crippen LogP contribution in [0.2, 0.25) is 0 Å². The first-order chi connectivity index (χ1) is 9.02. The van der Waals surface area contributed by atoms with Gasteiger partial charge in [-0.15, -0.1) is 0 Å². The number of piperazine rings is 1. The molecule has 5 heteroatoms. The minimum Gasteiger partial charge on any atom is -0.329 e. The molecule has 0 amide bonds. The third kappa shape index (κ3) is 3.34. The molecule has 1 aromatic rings. The smallest absolute Gasteiger partial charge is 0.124 e. The third-order valence-electron chi connectivity index (χ3n) is 3.91. The number of halogens is 2. The van der Waals surface area contributed by atoms with E-state index in [0.29, 0.717) is 12.6 Å². The van der Waals surface area contributed by atoms with Crippen LogP contribution in [0.3, 0.4) is 0 Å². The summed E-state index contributed by atoms with van der Waals surface area (Å²) in [5, 5.41) is 0. The molecular weight excluding hydrogens is 309 g/mol. The quantitative estimate of drug-likeness (QED) is 0.922. The fourth-order valence-corrected chi connectivity index (χ4v) is 3.45. The van der Waals surface area contributed by atoms with E-state index in [1.165, 1.54) is 12.1 Å². The maximum absolute atomic E-state index is 13.2. The van der Waals surface area contributed by atoms with Crippen LogP contribution in [0.5, 0.6) is 0 Å². The van der Waals surface area contributed by atoms with Gasteiger partial charge in [-0.05, 0) is 31.7 Å². The molecule has 1 heterocycles. The molecule has 1 aliphatic rings. The van der Waals surface area contributed by atoms with Crippen LogP contribution in [-0.4, -0.2) is 49.1 Å². The van der Waals surface area contributed by atoms with Gasteiger partial charge in [0.15, 0.2) is 0 Å². The molecule has 0 aromatic heterocycles. The summed E-state index contributed by atoms with van der Waals surface area (Å²) in [5.41, 5.74) is 7.01. The standard InChI is InChI=1S/C14H21BrFN3/c1-10(13-4-3-11(16)7-14(13)15)19-6-5-18(2)9-12(19)8-17/h3-4,7,10,12H,5-6,8-9,17H2,1-2H3. The van der Waals surface area contributed by atoms with E-state index < -0.39 is 0 Å². The monoisotopic (exact) mass is 329 g/mol. The Balaban J connectivity index is 2.20. The van der Waals surface area contributed by atoms with Crippen LogP contribution in [0.25, 0.3) is 0 Å². The molecule has 2 unspecified atom stereocenters. The molecule has 0 spiro atoms. The number of benzene rings is 1. The Labute approximate surface area is 122 Å². The number of hydrogen-bond donors (Lipinski definition) is 1. The van der Waals surface area contributed by atoms with E-state index in [1.807, 2.05) is 6.07 Å². The Hall–Kier alpha value is -0.490. The largest absolute Gasteiger partial charge is 0.329 e. The van der Waals surface area contributed by atoms with Crippen molar-refractivity contribution in [1.29, 1.82) is 0 Å². The van der Waals surface area contributed by atoms with Crippen molar-refractivity contribution in [3.05, 3.63) is 34.1 Å². The lowest BCUT2D eigenvalue weighted by Crippen LogP contribution is -2.55. The predicted molar refractivity (Wildman–Crippen MR) is 79.6 cm³/mol. The molecule has 1 fully saturated rings. The number of likely N-dealkylation sites (N-methyl/N-ethyl adjacent to an activating group) is 1. The van der Waals surface area contributed by atoms with Gasteiger partial charge in [-0.2, -0.15) is 0 Å². The van der Waals surface area contributed by atoms with Crippen LogP contribution in [-0.2, 0) is 0 Å². The Morgan fingerprint density at radius 2 is 2.21 bits per heavy atom. The summed E-state index contributed by atoms with van der Waals surface area (Å²) in [6.45, 7) is 5.82. The summed E-state index contributed by atoms with van der Waals surface area (Å²) in [6.07, 6.45) is 0. The highest BCUT2D eigenvalue weighted by Crippen LogP contribution is 2.30. The van der Waals surface area contributed by atoms with Gasteiger partial charge in [0.25, 0.3) is 0 Å². The van der Waals surface area contributed by atoms with Gasteiger partial charge in [0.05, 0.1) is 0 Å². The normalized spacial score (nSPS) is 23.5. The zero-order valence-corrected chi connectivity index (χ0v) is 13.0. The summed E-state index contributed by atoms with van der Waals surface area (Å²) >= 11 is 3.46. The topological polar surface area (TPSA) is 32.5 Å². The highest BCUT2D eigenvalue weighted by Gasteiger charge is 2.29. The van der Waals surface area contributed by atoms with Crippen LogP contribution in [0.1, 0.15) is 18.5 Å². The molecule has 0 saturated carbocycles. The van der Waals surface area contributed by atoms with E-state index in [1.54, 1.807) is 0 Å². The van der Waals surface area contributed by atoms with E-state index in [4.69, 9.17) is 5.73 Å². The van der Waals surface area contributed by atoms with Gasteiger partial charge in [-0.3, -0.25) is 4.90 Å². The van der Waals surface area contributed by atoms with Crippen molar-refractivity contribution in [1.82, 2.24) is 9.80 Å². The Kier molecular flexibility index (Phi) is 4.95. The maximum atomic E-state index is 13.2. The Morgan fingerprint density at radius 3 is 2.84 bits per heavy atom. The van der Waals surface area contributed by atoms with Gasteiger partial charge in [-0.1, -0.05) is 22.0 Å². The third-order valence-corrected chi connectivity index (χ3v) is 4.60. The average molecular weight is 330 g/mol. The van der Waals surface area contributed by atoms with Crippen molar-refractivity contribution >= 4 is 15.9 Å². The van der Waals surface area contributed by atoms with Gasteiger partial charge in [0.1, 0.15) is 5.82 Å². The van der Waals surface area contributed by atoms with E-state index >= 15 is 0 Å². The first-order valence-corrected chi connectivity index (χ1v) is 7.41. The van der Waals surface area contributed by atoms with Crippen molar-refractivity contribution in [3.63, 3.8) is 0 Å². The van der Waals surface area contributed by atoms with E-state index in [2.05, 4.69) is 39.7 Å². The molecule has 1 aliphatic heterocycles. The van der Waals surface area contributed by atoms with Gasteiger partial charge >= 0.3 is 0 Å². The zero-order chi connectivity index (χ0) is 14.0. The molecule has 2 atom stereocenters. The Bertz CT molecular complexity index is 441. The molecule has 106 valence electrons. The van der Waals surface area contributed by atoms with Gasteiger partial charge in [-0.25, -0.2) is 4.39 Å². The fraction of sp³-hybridized carbons (Fsp3) is 0.571. The van der Waals surface area contributed by atoms with Gasteiger partial charge < -0.3 is 10.6 Å². The highest BCUT2D eigenvalue weighted by atomic mass is 79.9. The number of nitrogens with two attached hydrogens (primary N) is 1. The summed E-state index contributed by atoms with van der Waals surface area (Å²) in [6, 6.07) is 5.49. The molecule has 19 heavy (non-hydrogen) atoms. The molecule has 0 aliphatic carbocycles. The molecule has 1 saturated heterocycles. The summed E-state index contributed by atoms with van der Waals surface area (Å²) < 4.78 is 14.0. The summed E-state index contributed by atoms with van der Waals surface area (Å²) in [4.78, 5) is 4.72. The highest BCUT2D eigenvalue weighted by molar-refractivity contribution is 9.10. The molecular formula is C14H21BrFN3. The average Bonchev–Trinajstić information content (AvgIpc) is 2.37. The minimum atomic E-state index is -0.212. The number of hydrogen-bond acceptors (Lipinski definition) is 3. The predicted octanol–water partition coefficient (Wildman–Crippen LogP) is 2.22. The van der Waals surface area contributed by atoms with Crippen LogP contribution in [0.4, 0.5) is 4.39 Å². The Morgan fingerprint density at radius 1 is 1.47 bits per heavy atom. The first-order valence-electron chi connectivity index (χ1n) is 6.62. The van der Waals surface area contributed by atoms with Gasteiger partial charge in [0, 0.05) is 42.7 Å². The van der Waals surface area contributed by atoms with Gasteiger partial charge in [0.2, 0.25) is 0 Å². The molecule has 1 aromatic carbocycles. The van der Waals surface area contributed by atoms with Crippen LogP contribution < -0.4 is 5.73 Å². The lowest BCUT2D eigenvalue weighted by atomic mass is 10.0. The van der Waals surface area contributed by atoms with Crippen LogP contribution in [0.15, 0.2) is 22.7 Å². The summed E-state index contributed by atoms with van der Waals surface area (Å²) in [5.74, 6) is -0.212. The van der Waals surface area contributed by atoms with E-state index in [9.17, 15) is 4.39 Å². The lowest BCUT2D eigenvalue weighted by molar-refractivity contribution is 0.0618. The molecule has 2 N–H and O–H groups in total. The van der Waals surface area contributed by atoms with E-state index in [0.717, 1.165) is 29.7 Å². The molecule has 3 nitrogen and oxygen atoms in total. The number of nitrogens with zero attached hydrogens (tertiary/aromatic N) is 2.